The zero-order valence-corrected chi connectivity index (χ0v) is 17.9. The minimum absolute atomic E-state index is 0.0944. The van der Waals surface area contributed by atoms with Crippen LogP contribution >= 0.6 is 11.6 Å². The Balaban J connectivity index is 1.59. The molecule has 0 aliphatic heterocycles. The largest absolute Gasteiger partial charge is 0.416 e. The number of benzene rings is 2. The van der Waals surface area contributed by atoms with E-state index in [2.05, 4.69) is 5.32 Å². The molecule has 1 fully saturated rings. The Morgan fingerprint density at radius 1 is 1.03 bits per heavy atom. The Morgan fingerprint density at radius 2 is 1.70 bits per heavy atom. The van der Waals surface area contributed by atoms with Crippen molar-refractivity contribution in [2.24, 2.45) is 5.92 Å². The normalized spacial score (nSPS) is 18.9. The van der Waals surface area contributed by atoms with E-state index in [1.807, 2.05) is 0 Å². The Hall–Kier alpha value is -2.49. The lowest BCUT2D eigenvalue weighted by Crippen LogP contribution is -2.41. The summed E-state index contributed by atoms with van der Waals surface area (Å²) in [6, 6.07) is 4.69. The molecule has 0 unspecified atom stereocenters. The molecule has 0 saturated heterocycles. The van der Waals surface area contributed by atoms with Crippen molar-refractivity contribution in [1.29, 1.82) is 0 Å². The first kappa shape index (κ1) is 25.1. The summed E-state index contributed by atoms with van der Waals surface area (Å²) in [5, 5.41) is 2.54. The number of nitrogens with one attached hydrogen (secondary N) is 1. The van der Waals surface area contributed by atoms with E-state index < -0.39 is 35.8 Å². The molecular formula is C22H20ClF7N2O. The molecule has 180 valence electrons. The van der Waals surface area contributed by atoms with E-state index in [1.165, 1.54) is 0 Å². The van der Waals surface area contributed by atoms with Crippen molar-refractivity contribution in [2.45, 2.75) is 44.5 Å². The van der Waals surface area contributed by atoms with Crippen molar-refractivity contribution in [2.75, 3.05) is 11.4 Å². The lowest BCUT2D eigenvalue weighted by atomic mass is 9.85. The molecule has 3 rings (SSSR count). The predicted octanol–water partition coefficient (Wildman–Crippen LogP) is 6.65. The number of nitrogens with zero attached hydrogens (tertiary/aromatic N) is 1. The van der Waals surface area contributed by atoms with Crippen LogP contribution in [0.2, 0.25) is 5.02 Å². The molecule has 3 nitrogen and oxygen atoms in total. The van der Waals surface area contributed by atoms with Crippen LogP contribution in [0, 0.1) is 17.6 Å². The number of halogens is 8. The average Bonchev–Trinajstić information content (AvgIpc) is 2.74. The lowest BCUT2D eigenvalue weighted by Gasteiger charge is -2.33. The van der Waals surface area contributed by atoms with E-state index in [9.17, 15) is 35.5 Å². The molecule has 0 spiro atoms. The summed E-state index contributed by atoms with van der Waals surface area (Å²) in [4.78, 5) is 13.2. The molecule has 0 bridgehead atoms. The van der Waals surface area contributed by atoms with E-state index in [0.717, 1.165) is 24.3 Å². The Morgan fingerprint density at radius 3 is 2.27 bits per heavy atom. The van der Waals surface area contributed by atoms with E-state index in [-0.39, 0.29) is 34.8 Å². The number of carbonyl (C=O) groups is 1. The fraction of sp³-hybridized carbons (Fsp3) is 0.409. The van der Waals surface area contributed by atoms with Crippen LogP contribution in [0.1, 0.15) is 41.6 Å². The number of anilines is 1. The Kier molecular flexibility index (Phi) is 7.76. The highest BCUT2D eigenvalue weighted by Gasteiger charge is 2.32. The zero-order valence-electron chi connectivity index (χ0n) is 17.1. The second-order valence-electron chi connectivity index (χ2n) is 7.91. The van der Waals surface area contributed by atoms with Gasteiger partial charge in [0, 0.05) is 24.3 Å². The molecule has 1 N–H and O–H groups in total. The van der Waals surface area contributed by atoms with Gasteiger partial charge in [0.2, 0.25) is 0 Å². The summed E-state index contributed by atoms with van der Waals surface area (Å²) in [5.41, 5.74) is -1.43. The van der Waals surface area contributed by atoms with Gasteiger partial charge in [-0.15, -0.1) is 0 Å². The summed E-state index contributed by atoms with van der Waals surface area (Å²) in [7, 11) is 0. The number of hydrogen-bond donors (Lipinski definition) is 1. The van der Waals surface area contributed by atoms with Crippen LogP contribution in [-0.4, -0.2) is 25.0 Å². The van der Waals surface area contributed by atoms with Crippen LogP contribution in [0.4, 0.5) is 36.4 Å². The molecule has 2 aromatic carbocycles. The molecule has 0 aromatic heterocycles. The molecule has 2 aromatic rings. The molecule has 0 radical (unpaired) electrons. The van der Waals surface area contributed by atoms with Gasteiger partial charge in [0.1, 0.15) is 0 Å². The minimum Gasteiger partial charge on any atom is -0.349 e. The first-order chi connectivity index (χ1) is 15.5. The summed E-state index contributed by atoms with van der Waals surface area (Å²) in [6.45, 7) is -3.02. The third kappa shape index (κ3) is 6.31. The number of alkyl halides is 5. The smallest absolute Gasteiger partial charge is 0.349 e. The maximum atomic E-state index is 13.5. The van der Waals surface area contributed by atoms with E-state index in [1.54, 1.807) is 0 Å². The number of rotatable bonds is 6. The SMILES string of the molecule is O=C(NC1CCC(CN(c2ccc(F)c(F)c2)C(F)F)CC1)c1cc(C(F)(F)F)ccc1Cl. The highest BCUT2D eigenvalue weighted by molar-refractivity contribution is 6.33. The first-order valence-electron chi connectivity index (χ1n) is 10.1. The van der Waals surface area contributed by atoms with Crippen molar-refractivity contribution in [3.63, 3.8) is 0 Å². The van der Waals surface area contributed by atoms with Gasteiger partial charge in [-0.3, -0.25) is 4.79 Å². The quantitative estimate of drug-likeness (QED) is 0.358. The maximum absolute atomic E-state index is 13.5. The van der Waals surface area contributed by atoms with Crippen LogP contribution in [0.5, 0.6) is 0 Å². The standard InChI is InChI=1S/C22H20ClF7N2O/c23-17-7-3-13(22(28,29)30)9-16(17)20(33)31-14-4-1-12(2-5-14)11-32(21(26)27)15-6-8-18(24)19(25)10-15/h3,6-10,12,14,21H,1-2,4-5,11H2,(H,31,33). The molecule has 11 heteroatoms. The molecular weight excluding hydrogens is 477 g/mol. The molecule has 0 atom stereocenters. The monoisotopic (exact) mass is 496 g/mol. The second kappa shape index (κ2) is 10.2. The molecule has 0 heterocycles. The van der Waals surface area contributed by atoms with Crippen molar-refractivity contribution in [1.82, 2.24) is 5.32 Å². The van der Waals surface area contributed by atoms with Gasteiger partial charge >= 0.3 is 12.7 Å². The van der Waals surface area contributed by atoms with Crippen molar-refractivity contribution < 1.29 is 35.5 Å². The van der Waals surface area contributed by atoms with Gasteiger partial charge in [0.05, 0.1) is 16.1 Å². The highest BCUT2D eigenvalue weighted by atomic mass is 35.5. The van der Waals surface area contributed by atoms with Gasteiger partial charge in [0.15, 0.2) is 11.6 Å². The molecule has 1 aliphatic rings. The third-order valence-electron chi connectivity index (χ3n) is 5.65. The topological polar surface area (TPSA) is 32.3 Å². The maximum Gasteiger partial charge on any atom is 0.416 e. The molecule has 1 amide bonds. The highest BCUT2D eigenvalue weighted by Crippen LogP contribution is 2.33. The Bertz CT molecular complexity index is 991. The van der Waals surface area contributed by atoms with Crippen molar-refractivity contribution in [3.05, 3.63) is 64.2 Å². The van der Waals surface area contributed by atoms with Crippen molar-refractivity contribution in [3.8, 4) is 0 Å². The van der Waals surface area contributed by atoms with Gasteiger partial charge in [0.25, 0.3) is 5.91 Å². The number of hydrogen-bond acceptors (Lipinski definition) is 2. The van der Waals surface area contributed by atoms with Crippen molar-refractivity contribution >= 4 is 23.2 Å². The van der Waals surface area contributed by atoms with E-state index in [0.29, 0.717) is 42.7 Å². The van der Waals surface area contributed by atoms with Gasteiger partial charge in [-0.25, -0.2) is 8.78 Å². The van der Waals surface area contributed by atoms with Crippen LogP contribution < -0.4 is 10.2 Å². The van der Waals surface area contributed by atoms with Gasteiger partial charge in [-0.2, -0.15) is 22.0 Å². The summed E-state index contributed by atoms with van der Waals surface area (Å²) >= 11 is 5.89. The fourth-order valence-corrected chi connectivity index (χ4v) is 4.07. The lowest BCUT2D eigenvalue weighted by molar-refractivity contribution is -0.137. The molecule has 33 heavy (non-hydrogen) atoms. The second-order valence-corrected chi connectivity index (χ2v) is 8.32. The van der Waals surface area contributed by atoms with Gasteiger partial charge in [-0.05, 0) is 61.9 Å². The molecule has 1 saturated carbocycles. The summed E-state index contributed by atoms with van der Waals surface area (Å²) in [5.74, 6) is -3.30. The number of carbonyl (C=O) groups excluding carboxylic acids is 1. The van der Waals surface area contributed by atoms with Gasteiger partial charge in [-0.1, -0.05) is 11.6 Å². The predicted molar refractivity (Wildman–Crippen MR) is 109 cm³/mol. The van der Waals surface area contributed by atoms with Crippen LogP contribution in [0.3, 0.4) is 0 Å². The molecule has 1 aliphatic carbocycles. The van der Waals surface area contributed by atoms with Crippen LogP contribution in [0.15, 0.2) is 36.4 Å². The first-order valence-corrected chi connectivity index (χ1v) is 10.5. The van der Waals surface area contributed by atoms with Crippen LogP contribution in [-0.2, 0) is 6.18 Å². The summed E-state index contributed by atoms with van der Waals surface area (Å²) in [6.07, 6.45) is -2.88. The minimum atomic E-state index is -4.62. The number of amides is 1. The van der Waals surface area contributed by atoms with Crippen LogP contribution in [0.25, 0.3) is 0 Å². The van der Waals surface area contributed by atoms with Gasteiger partial charge < -0.3 is 10.2 Å². The zero-order chi connectivity index (χ0) is 24.3. The fourth-order valence-electron chi connectivity index (χ4n) is 3.87. The third-order valence-corrected chi connectivity index (χ3v) is 5.98. The summed E-state index contributed by atoms with van der Waals surface area (Å²) < 4.78 is 92.4. The average molecular weight is 497 g/mol. The van der Waals surface area contributed by atoms with E-state index in [4.69, 9.17) is 11.6 Å². The Labute approximate surface area is 190 Å². The van der Waals surface area contributed by atoms with E-state index >= 15 is 0 Å².